The third-order valence-corrected chi connectivity index (χ3v) is 3.54. The molecule has 1 atom stereocenters. The summed E-state index contributed by atoms with van der Waals surface area (Å²) in [6, 6.07) is 6.50. The zero-order valence-electron chi connectivity index (χ0n) is 10.7. The molecule has 4 heteroatoms. The van der Waals surface area contributed by atoms with Crippen molar-refractivity contribution >= 4 is 11.8 Å². The zero-order chi connectivity index (χ0) is 12.7. The number of thioether (sulfide) groups is 1. The highest BCUT2D eigenvalue weighted by atomic mass is 32.2. The molecule has 92 valence electrons. The molecular formula is C13H19N3S. The lowest BCUT2D eigenvalue weighted by molar-refractivity contribution is 0.248. The fourth-order valence-electron chi connectivity index (χ4n) is 1.80. The van der Waals surface area contributed by atoms with Gasteiger partial charge in [-0.15, -0.1) is 0 Å². The highest BCUT2D eigenvalue weighted by Gasteiger charge is 2.12. The van der Waals surface area contributed by atoms with Gasteiger partial charge in [-0.2, -0.15) is 17.0 Å². The number of aromatic nitrogens is 1. The molecule has 0 saturated carbocycles. The number of hydrogen-bond donors (Lipinski definition) is 0. The topological polar surface area (TPSA) is 39.9 Å². The molecule has 0 spiro atoms. The SMILES string of the molecule is CCC(CSC)N(C)Cc1ccnc(C#N)c1. The Morgan fingerprint density at radius 2 is 2.35 bits per heavy atom. The van der Waals surface area contributed by atoms with Gasteiger partial charge in [0.25, 0.3) is 0 Å². The first-order chi connectivity index (χ1) is 8.21. The predicted octanol–water partition coefficient (Wildman–Crippen LogP) is 2.53. The van der Waals surface area contributed by atoms with Crippen LogP contribution in [0.5, 0.6) is 0 Å². The van der Waals surface area contributed by atoms with Gasteiger partial charge in [0.2, 0.25) is 0 Å². The van der Waals surface area contributed by atoms with Gasteiger partial charge in [-0.25, -0.2) is 4.98 Å². The molecule has 0 aliphatic carbocycles. The Labute approximate surface area is 108 Å². The second kappa shape index (κ2) is 7.31. The van der Waals surface area contributed by atoms with E-state index in [1.807, 2.05) is 23.9 Å². The van der Waals surface area contributed by atoms with Crippen LogP contribution in [0.3, 0.4) is 0 Å². The highest BCUT2D eigenvalue weighted by Crippen LogP contribution is 2.12. The van der Waals surface area contributed by atoms with E-state index >= 15 is 0 Å². The molecule has 1 aromatic heterocycles. The summed E-state index contributed by atoms with van der Waals surface area (Å²) in [4.78, 5) is 6.32. The molecule has 0 bridgehead atoms. The maximum absolute atomic E-state index is 8.81. The lowest BCUT2D eigenvalue weighted by atomic mass is 10.2. The summed E-state index contributed by atoms with van der Waals surface area (Å²) in [5.41, 5.74) is 1.65. The molecule has 0 aliphatic heterocycles. The number of rotatable bonds is 6. The number of pyridine rings is 1. The Balaban J connectivity index is 2.66. The average molecular weight is 249 g/mol. The molecule has 0 saturated heterocycles. The van der Waals surface area contributed by atoms with Gasteiger partial charge >= 0.3 is 0 Å². The third kappa shape index (κ3) is 4.37. The smallest absolute Gasteiger partial charge is 0.140 e. The van der Waals surface area contributed by atoms with Crippen molar-refractivity contribution in [2.24, 2.45) is 0 Å². The molecule has 0 fully saturated rings. The first kappa shape index (κ1) is 14.0. The van der Waals surface area contributed by atoms with Crippen molar-refractivity contribution < 1.29 is 0 Å². The van der Waals surface area contributed by atoms with Gasteiger partial charge in [0.05, 0.1) is 0 Å². The predicted molar refractivity (Wildman–Crippen MR) is 72.9 cm³/mol. The van der Waals surface area contributed by atoms with Crippen LogP contribution in [-0.2, 0) is 6.54 Å². The number of nitrogens with zero attached hydrogens (tertiary/aromatic N) is 3. The van der Waals surface area contributed by atoms with Gasteiger partial charge in [0.15, 0.2) is 0 Å². The molecule has 3 nitrogen and oxygen atoms in total. The van der Waals surface area contributed by atoms with Crippen LogP contribution in [0.25, 0.3) is 0 Å². The second-order valence-corrected chi connectivity index (χ2v) is 5.00. The van der Waals surface area contributed by atoms with Crippen LogP contribution in [0.1, 0.15) is 24.6 Å². The van der Waals surface area contributed by atoms with Gasteiger partial charge in [-0.1, -0.05) is 6.92 Å². The van der Waals surface area contributed by atoms with Gasteiger partial charge in [0, 0.05) is 24.5 Å². The molecule has 0 radical (unpaired) electrons. The van der Waals surface area contributed by atoms with Crippen LogP contribution in [0.15, 0.2) is 18.3 Å². The Morgan fingerprint density at radius 1 is 1.59 bits per heavy atom. The summed E-state index contributed by atoms with van der Waals surface area (Å²) < 4.78 is 0. The normalized spacial score (nSPS) is 12.4. The van der Waals surface area contributed by atoms with Crippen LogP contribution < -0.4 is 0 Å². The molecule has 0 amide bonds. The Morgan fingerprint density at radius 3 is 2.94 bits per heavy atom. The summed E-state index contributed by atoms with van der Waals surface area (Å²) >= 11 is 1.87. The monoisotopic (exact) mass is 249 g/mol. The third-order valence-electron chi connectivity index (χ3n) is 2.82. The van der Waals surface area contributed by atoms with Crippen molar-refractivity contribution in [3.8, 4) is 6.07 Å². The standard InChI is InChI=1S/C13H19N3S/c1-4-13(10-17-3)16(2)9-11-5-6-15-12(7-11)8-14/h5-7,13H,4,9-10H2,1-3H3. The molecular weight excluding hydrogens is 230 g/mol. The molecule has 1 aromatic rings. The van der Waals surface area contributed by atoms with Crippen molar-refractivity contribution in [1.29, 1.82) is 5.26 Å². The lowest BCUT2D eigenvalue weighted by Gasteiger charge is -2.26. The minimum atomic E-state index is 0.494. The molecule has 1 rings (SSSR count). The van der Waals surface area contributed by atoms with E-state index in [0.29, 0.717) is 11.7 Å². The van der Waals surface area contributed by atoms with E-state index in [2.05, 4.69) is 36.2 Å². The van der Waals surface area contributed by atoms with Crippen molar-refractivity contribution in [3.05, 3.63) is 29.6 Å². The minimum absolute atomic E-state index is 0.494. The summed E-state index contributed by atoms with van der Waals surface area (Å²) in [7, 11) is 2.14. The van der Waals surface area contributed by atoms with E-state index in [1.54, 1.807) is 6.20 Å². The highest BCUT2D eigenvalue weighted by molar-refractivity contribution is 7.98. The summed E-state index contributed by atoms with van der Waals surface area (Å²) in [5, 5.41) is 8.81. The van der Waals surface area contributed by atoms with E-state index in [4.69, 9.17) is 5.26 Å². The molecule has 0 aromatic carbocycles. The zero-order valence-corrected chi connectivity index (χ0v) is 11.5. The van der Waals surface area contributed by atoms with E-state index in [0.717, 1.165) is 24.3 Å². The first-order valence-corrected chi connectivity index (χ1v) is 7.14. The van der Waals surface area contributed by atoms with Gasteiger partial charge < -0.3 is 0 Å². The van der Waals surface area contributed by atoms with E-state index in [9.17, 15) is 0 Å². The van der Waals surface area contributed by atoms with Crippen LogP contribution in [-0.4, -0.2) is 35.0 Å². The van der Waals surface area contributed by atoms with Crippen molar-refractivity contribution in [2.45, 2.75) is 25.9 Å². The summed E-state index contributed by atoms with van der Waals surface area (Å²) in [5.74, 6) is 1.14. The molecule has 0 N–H and O–H groups in total. The maximum Gasteiger partial charge on any atom is 0.140 e. The minimum Gasteiger partial charge on any atom is -0.298 e. The summed E-state index contributed by atoms with van der Waals surface area (Å²) in [6.45, 7) is 3.08. The Hall–Kier alpha value is -1.05. The van der Waals surface area contributed by atoms with E-state index < -0.39 is 0 Å². The fourth-order valence-corrected chi connectivity index (χ4v) is 2.67. The van der Waals surface area contributed by atoms with Crippen molar-refractivity contribution in [2.75, 3.05) is 19.1 Å². The number of nitriles is 1. The Kier molecular flexibility index (Phi) is 6.03. The van der Waals surface area contributed by atoms with Gasteiger partial charge in [0.1, 0.15) is 11.8 Å². The lowest BCUT2D eigenvalue weighted by Crippen LogP contribution is -2.32. The van der Waals surface area contributed by atoms with Crippen LogP contribution in [0.2, 0.25) is 0 Å². The average Bonchev–Trinajstić information content (AvgIpc) is 2.36. The van der Waals surface area contributed by atoms with Crippen LogP contribution in [0.4, 0.5) is 0 Å². The quantitative estimate of drug-likeness (QED) is 0.776. The van der Waals surface area contributed by atoms with Gasteiger partial charge in [-0.3, -0.25) is 4.90 Å². The van der Waals surface area contributed by atoms with E-state index in [-0.39, 0.29) is 0 Å². The van der Waals surface area contributed by atoms with Crippen LogP contribution in [0, 0.1) is 11.3 Å². The van der Waals surface area contributed by atoms with Crippen LogP contribution >= 0.6 is 11.8 Å². The Bertz CT molecular complexity index is 386. The molecule has 17 heavy (non-hydrogen) atoms. The summed E-state index contributed by atoms with van der Waals surface area (Å²) in [6.07, 6.45) is 4.99. The maximum atomic E-state index is 8.81. The second-order valence-electron chi connectivity index (χ2n) is 4.09. The molecule has 1 heterocycles. The fraction of sp³-hybridized carbons (Fsp3) is 0.538. The molecule has 1 unspecified atom stereocenters. The van der Waals surface area contributed by atoms with Crippen molar-refractivity contribution in [3.63, 3.8) is 0 Å². The van der Waals surface area contributed by atoms with E-state index in [1.165, 1.54) is 0 Å². The first-order valence-electron chi connectivity index (χ1n) is 5.75. The van der Waals surface area contributed by atoms with Crippen molar-refractivity contribution in [1.82, 2.24) is 9.88 Å². The number of hydrogen-bond acceptors (Lipinski definition) is 4. The largest absolute Gasteiger partial charge is 0.298 e. The van der Waals surface area contributed by atoms with Gasteiger partial charge in [-0.05, 0) is 37.4 Å². The molecule has 0 aliphatic rings.